The topological polar surface area (TPSA) is 32.3 Å². The molecule has 0 fully saturated rings. The van der Waals surface area contributed by atoms with Gasteiger partial charge in [-0.2, -0.15) is 0 Å². The zero-order chi connectivity index (χ0) is 14.1. The maximum absolute atomic E-state index is 12.1. The van der Waals surface area contributed by atoms with Crippen molar-refractivity contribution in [3.63, 3.8) is 0 Å². The summed E-state index contributed by atoms with van der Waals surface area (Å²) in [7, 11) is 0. The summed E-state index contributed by atoms with van der Waals surface area (Å²) in [4.78, 5) is 14.0. The highest BCUT2D eigenvalue weighted by Gasteiger charge is 2.11. The second-order valence-electron chi connectivity index (χ2n) is 4.99. The molecule has 0 aliphatic carbocycles. The first-order valence-electron chi connectivity index (χ1n) is 7.25. The van der Waals surface area contributed by atoms with Crippen molar-refractivity contribution in [3.05, 3.63) is 35.4 Å². The van der Waals surface area contributed by atoms with E-state index in [-0.39, 0.29) is 6.03 Å². The van der Waals surface area contributed by atoms with Gasteiger partial charge in [-0.25, -0.2) is 4.79 Å². The van der Waals surface area contributed by atoms with Crippen molar-refractivity contribution < 1.29 is 4.79 Å². The Morgan fingerprint density at radius 3 is 2.63 bits per heavy atom. The zero-order valence-corrected chi connectivity index (χ0v) is 12.4. The van der Waals surface area contributed by atoms with Crippen LogP contribution in [0.1, 0.15) is 44.2 Å². The van der Waals surface area contributed by atoms with Crippen molar-refractivity contribution in [1.82, 2.24) is 10.2 Å². The Balaban J connectivity index is 2.47. The molecule has 0 unspecified atom stereocenters. The second-order valence-corrected chi connectivity index (χ2v) is 4.99. The molecule has 2 amide bonds. The number of nitrogens with one attached hydrogen (secondary N) is 1. The lowest BCUT2D eigenvalue weighted by Gasteiger charge is -2.22. The van der Waals surface area contributed by atoms with Crippen molar-refractivity contribution in [2.24, 2.45) is 0 Å². The van der Waals surface area contributed by atoms with E-state index >= 15 is 0 Å². The van der Waals surface area contributed by atoms with Crippen molar-refractivity contribution in [1.29, 1.82) is 0 Å². The number of benzene rings is 1. The normalized spacial score (nSPS) is 10.3. The van der Waals surface area contributed by atoms with Gasteiger partial charge in [-0.1, -0.05) is 50.1 Å². The van der Waals surface area contributed by atoms with Gasteiger partial charge in [-0.15, -0.1) is 0 Å². The van der Waals surface area contributed by atoms with Gasteiger partial charge in [0.1, 0.15) is 0 Å². The SMILES string of the molecule is CCCCN(CCC)C(=O)NCc1cccc(C)c1. The monoisotopic (exact) mass is 262 g/mol. The number of unbranched alkanes of at least 4 members (excludes halogenated alkanes) is 1. The highest BCUT2D eigenvalue weighted by Crippen LogP contribution is 2.04. The van der Waals surface area contributed by atoms with Crippen LogP contribution in [0.2, 0.25) is 0 Å². The van der Waals surface area contributed by atoms with Gasteiger partial charge >= 0.3 is 6.03 Å². The average molecular weight is 262 g/mol. The predicted molar refractivity (Wildman–Crippen MR) is 80.2 cm³/mol. The van der Waals surface area contributed by atoms with E-state index in [1.807, 2.05) is 17.0 Å². The van der Waals surface area contributed by atoms with Crippen LogP contribution in [-0.4, -0.2) is 24.0 Å². The Morgan fingerprint density at radius 1 is 1.21 bits per heavy atom. The molecule has 0 saturated carbocycles. The quantitative estimate of drug-likeness (QED) is 0.798. The fourth-order valence-electron chi connectivity index (χ4n) is 2.05. The Labute approximate surface area is 117 Å². The van der Waals surface area contributed by atoms with Gasteiger partial charge in [-0.3, -0.25) is 0 Å². The summed E-state index contributed by atoms with van der Waals surface area (Å²) in [5, 5.41) is 3.01. The molecule has 106 valence electrons. The summed E-state index contributed by atoms with van der Waals surface area (Å²) in [6, 6.07) is 8.30. The van der Waals surface area contributed by atoms with E-state index < -0.39 is 0 Å². The van der Waals surface area contributed by atoms with Gasteiger partial charge in [-0.05, 0) is 25.3 Å². The number of nitrogens with zero attached hydrogens (tertiary/aromatic N) is 1. The van der Waals surface area contributed by atoms with Crippen molar-refractivity contribution in [2.75, 3.05) is 13.1 Å². The average Bonchev–Trinajstić information content (AvgIpc) is 2.41. The number of hydrogen-bond acceptors (Lipinski definition) is 1. The molecular weight excluding hydrogens is 236 g/mol. The molecule has 0 radical (unpaired) electrons. The van der Waals surface area contributed by atoms with E-state index in [1.54, 1.807) is 0 Å². The largest absolute Gasteiger partial charge is 0.334 e. The molecule has 3 heteroatoms. The molecule has 1 aromatic rings. The standard InChI is InChI=1S/C16H26N2O/c1-4-6-11-18(10-5-2)16(19)17-13-15-9-7-8-14(3)12-15/h7-9,12H,4-6,10-11,13H2,1-3H3,(H,17,19). The van der Waals surface area contributed by atoms with Gasteiger partial charge in [0.25, 0.3) is 0 Å². The van der Waals surface area contributed by atoms with E-state index in [0.29, 0.717) is 6.54 Å². The van der Waals surface area contributed by atoms with E-state index in [2.05, 4.69) is 38.2 Å². The van der Waals surface area contributed by atoms with Crippen LogP contribution in [0.5, 0.6) is 0 Å². The highest BCUT2D eigenvalue weighted by molar-refractivity contribution is 5.74. The number of carbonyl (C=O) groups is 1. The third kappa shape index (κ3) is 5.77. The smallest absolute Gasteiger partial charge is 0.317 e. The molecule has 19 heavy (non-hydrogen) atoms. The van der Waals surface area contributed by atoms with Crippen LogP contribution in [-0.2, 0) is 6.54 Å². The number of urea groups is 1. The Bertz CT molecular complexity index is 390. The predicted octanol–water partition coefficient (Wildman–Crippen LogP) is 3.72. The van der Waals surface area contributed by atoms with E-state index in [4.69, 9.17) is 0 Å². The van der Waals surface area contributed by atoms with Gasteiger partial charge in [0.15, 0.2) is 0 Å². The molecule has 0 saturated heterocycles. The lowest BCUT2D eigenvalue weighted by Crippen LogP contribution is -2.40. The second kappa shape index (κ2) is 8.57. The molecule has 1 aromatic carbocycles. The van der Waals surface area contributed by atoms with Gasteiger partial charge in [0.05, 0.1) is 0 Å². The number of aryl methyl sites for hydroxylation is 1. The molecule has 0 bridgehead atoms. The minimum Gasteiger partial charge on any atom is -0.334 e. The third-order valence-corrected chi connectivity index (χ3v) is 3.09. The fraction of sp³-hybridized carbons (Fsp3) is 0.562. The van der Waals surface area contributed by atoms with Crippen LogP contribution in [0.3, 0.4) is 0 Å². The van der Waals surface area contributed by atoms with Crippen LogP contribution in [0.25, 0.3) is 0 Å². The summed E-state index contributed by atoms with van der Waals surface area (Å²) < 4.78 is 0. The maximum Gasteiger partial charge on any atom is 0.317 e. The molecule has 0 heterocycles. The number of rotatable bonds is 7. The van der Waals surface area contributed by atoms with Crippen molar-refractivity contribution in [2.45, 2.75) is 46.6 Å². The molecule has 3 nitrogen and oxygen atoms in total. The summed E-state index contributed by atoms with van der Waals surface area (Å²) in [6.07, 6.45) is 3.19. The van der Waals surface area contributed by atoms with Crippen LogP contribution in [0, 0.1) is 6.92 Å². The van der Waals surface area contributed by atoms with E-state index in [0.717, 1.165) is 37.9 Å². The van der Waals surface area contributed by atoms with Crippen molar-refractivity contribution >= 4 is 6.03 Å². The molecule has 0 aliphatic rings. The first-order valence-corrected chi connectivity index (χ1v) is 7.25. The molecular formula is C16H26N2O. The Hall–Kier alpha value is -1.51. The summed E-state index contributed by atoms with van der Waals surface area (Å²) in [5.74, 6) is 0. The fourth-order valence-corrected chi connectivity index (χ4v) is 2.05. The van der Waals surface area contributed by atoms with Crippen molar-refractivity contribution in [3.8, 4) is 0 Å². The molecule has 0 atom stereocenters. The lowest BCUT2D eigenvalue weighted by molar-refractivity contribution is 0.196. The van der Waals surface area contributed by atoms with E-state index in [9.17, 15) is 4.79 Å². The summed E-state index contributed by atoms with van der Waals surface area (Å²) in [5.41, 5.74) is 2.38. The minimum absolute atomic E-state index is 0.0526. The van der Waals surface area contributed by atoms with Gasteiger partial charge < -0.3 is 10.2 Å². The van der Waals surface area contributed by atoms with Crippen LogP contribution >= 0.6 is 0 Å². The number of hydrogen-bond donors (Lipinski definition) is 1. The molecule has 0 aliphatic heterocycles. The molecule has 1 N–H and O–H groups in total. The highest BCUT2D eigenvalue weighted by atomic mass is 16.2. The molecule has 1 rings (SSSR count). The first-order chi connectivity index (χ1) is 9.17. The Morgan fingerprint density at radius 2 is 2.00 bits per heavy atom. The maximum atomic E-state index is 12.1. The zero-order valence-electron chi connectivity index (χ0n) is 12.4. The molecule has 0 spiro atoms. The minimum atomic E-state index is 0.0526. The summed E-state index contributed by atoms with van der Waals surface area (Å²) in [6.45, 7) is 8.61. The van der Waals surface area contributed by atoms with E-state index in [1.165, 1.54) is 5.56 Å². The summed E-state index contributed by atoms with van der Waals surface area (Å²) >= 11 is 0. The van der Waals surface area contributed by atoms with Crippen LogP contribution in [0.15, 0.2) is 24.3 Å². The lowest BCUT2D eigenvalue weighted by atomic mass is 10.1. The van der Waals surface area contributed by atoms with Crippen LogP contribution in [0.4, 0.5) is 4.79 Å². The first kappa shape index (κ1) is 15.5. The third-order valence-electron chi connectivity index (χ3n) is 3.09. The number of amides is 2. The van der Waals surface area contributed by atoms with Crippen LogP contribution < -0.4 is 5.32 Å². The van der Waals surface area contributed by atoms with Gasteiger partial charge in [0, 0.05) is 19.6 Å². The Kier molecular flexibility index (Phi) is 7.01. The van der Waals surface area contributed by atoms with Gasteiger partial charge in [0.2, 0.25) is 0 Å². The molecule has 0 aromatic heterocycles. The number of carbonyl (C=O) groups excluding carboxylic acids is 1.